The number of esters is 1. The molecule has 0 aromatic heterocycles. The Morgan fingerprint density at radius 1 is 1.27 bits per heavy atom. The van der Waals surface area contributed by atoms with Gasteiger partial charge in [-0.2, -0.15) is 0 Å². The summed E-state index contributed by atoms with van der Waals surface area (Å²) < 4.78 is 17.8. The molecule has 3 heteroatoms. The predicted octanol–water partition coefficient (Wildman–Crippen LogP) is 3.54. The van der Waals surface area contributed by atoms with Crippen LogP contribution >= 0.6 is 0 Å². The highest BCUT2D eigenvalue weighted by Gasteiger charge is 2.03. The molecule has 0 fully saturated rings. The van der Waals surface area contributed by atoms with Crippen LogP contribution in [-0.2, 0) is 9.53 Å². The summed E-state index contributed by atoms with van der Waals surface area (Å²) in [6.07, 6.45) is 3.54. The van der Waals surface area contributed by atoms with Crippen LogP contribution in [0.2, 0.25) is 0 Å². The molecule has 0 amide bonds. The summed E-state index contributed by atoms with van der Waals surface area (Å²) in [6.45, 7) is 6.77. The Kier molecular flexibility index (Phi) is 6.67. The van der Waals surface area contributed by atoms with Gasteiger partial charge in [-0.1, -0.05) is 11.6 Å². The average molecular weight is 214 g/mol. The van der Waals surface area contributed by atoms with Crippen LogP contribution in [0, 0.1) is 0 Å². The minimum atomic E-state index is -0.456. The SMILES string of the molecule is CC(=O)OC/C(F)=C(/C)CCC=C(C)C. The Bertz CT molecular complexity index is 273. The van der Waals surface area contributed by atoms with E-state index in [1.54, 1.807) is 6.92 Å². The molecule has 2 nitrogen and oxygen atoms in total. The van der Waals surface area contributed by atoms with Gasteiger partial charge < -0.3 is 4.74 Å². The normalized spacial score (nSPS) is 11.8. The molecule has 0 saturated heterocycles. The summed E-state index contributed by atoms with van der Waals surface area (Å²) in [5.74, 6) is -0.797. The van der Waals surface area contributed by atoms with E-state index in [0.29, 0.717) is 12.0 Å². The second-order valence-corrected chi connectivity index (χ2v) is 3.79. The van der Waals surface area contributed by atoms with E-state index >= 15 is 0 Å². The van der Waals surface area contributed by atoms with Crippen LogP contribution in [0.25, 0.3) is 0 Å². The fraction of sp³-hybridized carbons (Fsp3) is 0.583. The number of carbonyl (C=O) groups is 1. The first-order valence-corrected chi connectivity index (χ1v) is 5.04. The third kappa shape index (κ3) is 7.91. The van der Waals surface area contributed by atoms with E-state index in [0.717, 1.165) is 6.42 Å². The van der Waals surface area contributed by atoms with Gasteiger partial charge in [-0.05, 0) is 39.2 Å². The minimum Gasteiger partial charge on any atom is -0.459 e. The number of rotatable bonds is 5. The molecule has 15 heavy (non-hydrogen) atoms. The van der Waals surface area contributed by atoms with Crippen molar-refractivity contribution in [1.29, 1.82) is 0 Å². The Morgan fingerprint density at radius 2 is 1.87 bits per heavy atom. The highest BCUT2D eigenvalue weighted by Crippen LogP contribution is 2.13. The quantitative estimate of drug-likeness (QED) is 0.517. The van der Waals surface area contributed by atoms with Crippen molar-refractivity contribution in [3.05, 3.63) is 23.0 Å². The van der Waals surface area contributed by atoms with Crippen molar-refractivity contribution in [3.8, 4) is 0 Å². The first-order chi connectivity index (χ1) is 6.93. The lowest BCUT2D eigenvalue weighted by Crippen LogP contribution is -2.02. The van der Waals surface area contributed by atoms with Crippen LogP contribution in [0.15, 0.2) is 23.0 Å². The van der Waals surface area contributed by atoms with Gasteiger partial charge in [0.15, 0.2) is 0 Å². The second kappa shape index (κ2) is 7.21. The molecule has 0 bridgehead atoms. The Labute approximate surface area is 90.8 Å². The molecule has 0 aliphatic rings. The molecule has 0 atom stereocenters. The van der Waals surface area contributed by atoms with E-state index in [1.165, 1.54) is 12.5 Å². The number of halogens is 1. The summed E-state index contributed by atoms with van der Waals surface area (Å²) in [4.78, 5) is 10.5. The van der Waals surface area contributed by atoms with E-state index in [1.807, 2.05) is 13.8 Å². The molecule has 0 aliphatic carbocycles. The number of ether oxygens (including phenoxy) is 1. The van der Waals surface area contributed by atoms with Gasteiger partial charge in [-0.3, -0.25) is 4.79 Å². The molecule has 0 saturated carbocycles. The van der Waals surface area contributed by atoms with Gasteiger partial charge in [0.2, 0.25) is 0 Å². The maximum atomic E-state index is 13.3. The van der Waals surface area contributed by atoms with Crippen LogP contribution in [0.1, 0.15) is 40.5 Å². The van der Waals surface area contributed by atoms with Crippen LogP contribution in [-0.4, -0.2) is 12.6 Å². The Balaban J connectivity index is 4.03. The second-order valence-electron chi connectivity index (χ2n) is 3.79. The zero-order chi connectivity index (χ0) is 11.8. The van der Waals surface area contributed by atoms with E-state index in [-0.39, 0.29) is 12.4 Å². The standard InChI is InChI=1S/C12H19FO2/c1-9(2)6-5-7-10(3)12(13)8-15-11(4)14/h6H,5,7-8H2,1-4H3/b12-10+. The van der Waals surface area contributed by atoms with E-state index in [9.17, 15) is 9.18 Å². The van der Waals surface area contributed by atoms with Crippen molar-refractivity contribution in [2.45, 2.75) is 40.5 Å². The van der Waals surface area contributed by atoms with E-state index in [2.05, 4.69) is 10.8 Å². The Morgan fingerprint density at radius 3 is 2.33 bits per heavy atom. The summed E-state index contributed by atoms with van der Waals surface area (Å²) >= 11 is 0. The molecular weight excluding hydrogens is 195 g/mol. The molecule has 86 valence electrons. The van der Waals surface area contributed by atoms with E-state index in [4.69, 9.17) is 0 Å². The van der Waals surface area contributed by atoms with Crippen molar-refractivity contribution in [3.63, 3.8) is 0 Å². The fourth-order valence-corrected chi connectivity index (χ4v) is 1.00. The predicted molar refractivity (Wildman–Crippen MR) is 59.1 cm³/mol. The van der Waals surface area contributed by atoms with Gasteiger partial charge in [0.05, 0.1) is 0 Å². The fourth-order valence-electron chi connectivity index (χ4n) is 1.00. The van der Waals surface area contributed by atoms with Crippen molar-refractivity contribution in [2.75, 3.05) is 6.61 Å². The minimum absolute atomic E-state index is 0.240. The van der Waals surface area contributed by atoms with Crippen molar-refractivity contribution >= 4 is 5.97 Å². The van der Waals surface area contributed by atoms with Gasteiger partial charge >= 0.3 is 5.97 Å². The van der Waals surface area contributed by atoms with E-state index < -0.39 is 5.97 Å². The van der Waals surface area contributed by atoms with Crippen molar-refractivity contribution in [1.82, 2.24) is 0 Å². The number of carbonyl (C=O) groups excluding carboxylic acids is 1. The highest BCUT2D eigenvalue weighted by atomic mass is 19.1. The molecule has 0 aliphatic heterocycles. The number of hydrogen-bond donors (Lipinski definition) is 0. The van der Waals surface area contributed by atoms with Crippen molar-refractivity contribution < 1.29 is 13.9 Å². The largest absolute Gasteiger partial charge is 0.459 e. The number of hydrogen-bond acceptors (Lipinski definition) is 2. The van der Waals surface area contributed by atoms with Crippen LogP contribution in [0.4, 0.5) is 4.39 Å². The first-order valence-electron chi connectivity index (χ1n) is 5.04. The summed E-state index contributed by atoms with van der Waals surface area (Å²) in [7, 11) is 0. The maximum Gasteiger partial charge on any atom is 0.303 e. The van der Waals surface area contributed by atoms with Crippen molar-refractivity contribution in [2.24, 2.45) is 0 Å². The molecule has 0 heterocycles. The molecule has 0 rings (SSSR count). The van der Waals surface area contributed by atoms with Gasteiger partial charge in [0, 0.05) is 6.92 Å². The lowest BCUT2D eigenvalue weighted by Gasteiger charge is -2.03. The number of allylic oxidation sites excluding steroid dienone is 3. The zero-order valence-corrected chi connectivity index (χ0v) is 9.89. The topological polar surface area (TPSA) is 26.3 Å². The Hall–Kier alpha value is -1.12. The summed E-state index contributed by atoms with van der Waals surface area (Å²) in [5, 5.41) is 0. The van der Waals surface area contributed by atoms with Crippen LogP contribution in [0.5, 0.6) is 0 Å². The average Bonchev–Trinajstić information content (AvgIpc) is 2.13. The van der Waals surface area contributed by atoms with Gasteiger partial charge in [-0.15, -0.1) is 0 Å². The smallest absolute Gasteiger partial charge is 0.303 e. The lowest BCUT2D eigenvalue weighted by atomic mass is 10.1. The van der Waals surface area contributed by atoms with Gasteiger partial charge in [0.1, 0.15) is 12.4 Å². The lowest BCUT2D eigenvalue weighted by molar-refractivity contribution is -0.140. The third-order valence-corrected chi connectivity index (χ3v) is 1.94. The third-order valence-electron chi connectivity index (χ3n) is 1.94. The molecule has 0 spiro atoms. The summed E-state index contributed by atoms with van der Waals surface area (Å²) in [6, 6.07) is 0. The molecular formula is C12H19FO2. The molecule has 0 aromatic carbocycles. The monoisotopic (exact) mass is 214 g/mol. The molecule has 0 N–H and O–H groups in total. The molecule has 0 unspecified atom stereocenters. The summed E-state index contributed by atoms with van der Waals surface area (Å²) in [5.41, 5.74) is 1.87. The molecule has 0 radical (unpaired) electrons. The van der Waals surface area contributed by atoms with Gasteiger partial charge in [0.25, 0.3) is 0 Å². The van der Waals surface area contributed by atoms with Crippen LogP contribution in [0.3, 0.4) is 0 Å². The maximum absolute atomic E-state index is 13.3. The highest BCUT2D eigenvalue weighted by molar-refractivity contribution is 5.66. The first kappa shape index (κ1) is 13.9. The van der Waals surface area contributed by atoms with Crippen LogP contribution < -0.4 is 0 Å². The zero-order valence-electron chi connectivity index (χ0n) is 9.89. The molecule has 0 aromatic rings. The van der Waals surface area contributed by atoms with Gasteiger partial charge in [-0.25, -0.2) is 4.39 Å².